The van der Waals surface area contributed by atoms with E-state index in [0.717, 1.165) is 5.71 Å². The van der Waals surface area contributed by atoms with E-state index in [1.807, 2.05) is 4.90 Å². The van der Waals surface area contributed by atoms with Gasteiger partial charge in [0, 0.05) is 42.0 Å². The SMILES string of the molecule is CNC(=O)OCc1cccc(-c2cnc(N3CC(=NOCC(CO)CO)C3)nc2)c1F. The molecule has 1 aliphatic heterocycles. The molecular weight excluding hydrogens is 409 g/mol. The van der Waals surface area contributed by atoms with E-state index < -0.39 is 11.9 Å². The topological polar surface area (TPSA) is 129 Å². The lowest BCUT2D eigenvalue weighted by atomic mass is 10.1. The van der Waals surface area contributed by atoms with Crippen molar-refractivity contribution >= 4 is 17.8 Å². The van der Waals surface area contributed by atoms with Gasteiger partial charge in [-0.1, -0.05) is 23.4 Å². The van der Waals surface area contributed by atoms with Crippen molar-refractivity contribution in [3.63, 3.8) is 0 Å². The summed E-state index contributed by atoms with van der Waals surface area (Å²) in [5.74, 6) is -0.376. The van der Waals surface area contributed by atoms with E-state index in [-0.39, 0.29) is 37.9 Å². The first-order chi connectivity index (χ1) is 15.0. The van der Waals surface area contributed by atoms with Crippen LogP contribution in [0.3, 0.4) is 0 Å². The molecule has 166 valence electrons. The van der Waals surface area contributed by atoms with E-state index in [2.05, 4.69) is 20.4 Å². The van der Waals surface area contributed by atoms with Crippen molar-refractivity contribution in [1.82, 2.24) is 15.3 Å². The third-order valence-electron chi connectivity index (χ3n) is 4.64. The highest BCUT2D eigenvalue weighted by atomic mass is 19.1. The van der Waals surface area contributed by atoms with E-state index in [1.165, 1.54) is 19.4 Å². The molecule has 0 aliphatic carbocycles. The Morgan fingerprint density at radius 3 is 2.65 bits per heavy atom. The average Bonchev–Trinajstić information content (AvgIpc) is 2.77. The number of anilines is 1. The highest BCUT2D eigenvalue weighted by molar-refractivity contribution is 5.98. The van der Waals surface area contributed by atoms with Gasteiger partial charge < -0.3 is 30.0 Å². The zero-order valence-corrected chi connectivity index (χ0v) is 17.0. The van der Waals surface area contributed by atoms with Gasteiger partial charge >= 0.3 is 6.09 Å². The number of ether oxygens (including phenoxy) is 1. The van der Waals surface area contributed by atoms with Crippen LogP contribution in [-0.4, -0.2) is 71.9 Å². The second-order valence-corrected chi connectivity index (χ2v) is 6.92. The number of nitrogens with zero attached hydrogens (tertiary/aromatic N) is 4. The minimum atomic E-state index is -0.637. The van der Waals surface area contributed by atoms with Crippen LogP contribution in [0.15, 0.2) is 35.7 Å². The number of rotatable bonds is 9. The van der Waals surface area contributed by atoms with Gasteiger partial charge in [0.05, 0.1) is 32.0 Å². The van der Waals surface area contributed by atoms with Crippen LogP contribution in [0.5, 0.6) is 0 Å². The summed E-state index contributed by atoms with van der Waals surface area (Å²) in [6.07, 6.45) is 2.42. The number of aromatic nitrogens is 2. The van der Waals surface area contributed by atoms with Crippen molar-refractivity contribution in [1.29, 1.82) is 0 Å². The molecule has 0 spiro atoms. The number of alkyl carbamates (subject to hydrolysis) is 1. The summed E-state index contributed by atoms with van der Waals surface area (Å²) >= 11 is 0. The van der Waals surface area contributed by atoms with Gasteiger partial charge in [-0.15, -0.1) is 0 Å². The summed E-state index contributed by atoms with van der Waals surface area (Å²) in [6, 6.07) is 4.82. The Bertz CT molecular complexity index is 913. The molecule has 1 fully saturated rings. The predicted molar refractivity (Wildman–Crippen MR) is 110 cm³/mol. The Labute approximate surface area is 178 Å². The fourth-order valence-corrected chi connectivity index (χ4v) is 2.74. The Morgan fingerprint density at radius 2 is 2.00 bits per heavy atom. The first-order valence-corrected chi connectivity index (χ1v) is 9.64. The van der Waals surface area contributed by atoms with Crippen molar-refractivity contribution in [2.45, 2.75) is 6.61 Å². The molecule has 0 saturated carbocycles. The zero-order valence-electron chi connectivity index (χ0n) is 17.0. The fraction of sp³-hybridized carbons (Fsp3) is 0.400. The maximum absolute atomic E-state index is 14.8. The van der Waals surface area contributed by atoms with E-state index in [9.17, 15) is 9.18 Å². The maximum Gasteiger partial charge on any atom is 0.407 e. The molecule has 31 heavy (non-hydrogen) atoms. The van der Waals surface area contributed by atoms with Gasteiger partial charge in [-0.2, -0.15) is 0 Å². The number of hydrogen-bond acceptors (Lipinski definition) is 9. The van der Waals surface area contributed by atoms with Gasteiger partial charge in [0.25, 0.3) is 0 Å². The number of oxime groups is 1. The van der Waals surface area contributed by atoms with Gasteiger partial charge in [0.15, 0.2) is 0 Å². The number of carbonyl (C=O) groups is 1. The fourth-order valence-electron chi connectivity index (χ4n) is 2.74. The lowest BCUT2D eigenvalue weighted by Gasteiger charge is -2.31. The standard InChI is InChI=1S/C20H24FN5O5/c1-22-20(29)30-12-14-3-2-4-17(18(14)21)15-5-23-19(24-6-15)26-7-16(8-26)25-31-11-13(9-27)10-28/h2-6,13,27-28H,7-12H2,1H3,(H,22,29). The molecule has 11 heteroatoms. The molecule has 1 aromatic carbocycles. The van der Waals surface area contributed by atoms with Crippen LogP contribution < -0.4 is 10.2 Å². The summed E-state index contributed by atoms with van der Waals surface area (Å²) in [5.41, 5.74) is 1.85. The van der Waals surface area contributed by atoms with Gasteiger partial charge in [-0.3, -0.25) is 0 Å². The number of halogens is 1. The Hall–Kier alpha value is -3.31. The number of hydrogen-bond donors (Lipinski definition) is 3. The van der Waals surface area contributed by atoms with E-state index >= 15 is 0 Å². The second-order valence-electron chi connectivity index (χ2n) is 6.92. The highest BCUT2D eigenvalue weighted by Gasteiger charge is 2.25. The maximum atomic E-state index is 14.8. The van der Waals surface area contributed by atoms with Crippen molar-refractivity contribution in [2.75, 3.05) is 44.9 Å². The Kier molecular flexibility index (Phi) is 7.68. The molecule has 3 rings (SSSR count). The second kappa shape index (κ2) is 10.6. The van der Waals surface area contributed by atoms with E-state index in [1.54, 1.807) is 18.2 Å². The average molecular weight is 433 g/mol. The van der Waals surface area contributed by atoms with Crippen LogP contribution in [-0.2, 0) is 16.2 Å². The molecule has 1 aliphatic rings. The number of carbonyl (C=O) groups excluding carboxylic acids is 1. The minimum Gasteiger partial charge on any atom is -0.445 e. The van der Waals surface area contributed by atoms with Crippen LogP contribution in [0.2, 0.25) is 0 Å². The zero-order chi connectivity index (χ0) is 22.2. The molecule has 0 radical (unpaired) electrons. The number of aliphatic hydroxyl groups is 2. The number of nitrogens with one attached hydrogen (secondary N) is 1. The van der Waals surface area contributed by atoms with E-state index in [0.29, 0.717) is 30.2 Å². The third kappa shape index (κ3) is 5.64. The molecular formula is C20H24FN5O5. The van der Waals surface area contributed by atoms with Gasteiger partial charge in [-0.25, -0.2) is 19.2 Å². The molecule has 0 unspecified atom stereocenters. The minimum absolute atomic E-state index is 0.139. The van der Waals surface area contributed by atoms with Crippen molar-refractivity contribution in [2.24, 2.45) is 11.1 Å². The number of aliphatic hydroxyl groups excluding tert-OH is 2. The molecule has 0 bridgehead atoms. The van der Waals surface area contributed by atoms with Gasteiger partial charge in [-0.05, 0) is 0 Å². The van der Waals surface area contributed by atoms with E-state index in [4.69, 9.17) is 19.8 Å². The van der Waals surface area contributed by atoms with Crippen molar-refractivity contribution in [3.05, 3.63) is 42.0 Å². The van der Waals surface area contributed by atoms with Crippen LogP contribution in [0.25, 0.3) is 11.1 Å². The molecule has 1 aromatic heterocycles. The van der Waals surface area contributed by atoms with Crippen LogP contribution in [0, 0.1) is 11.7 Å². The summed E-state index contributed by atoms with van der Waals surface area (Å²) in [6.45, 7) is 0.594. The third-order valence-corrected chi connectivity index (χ3v) is 4.64. The van der Waals surface area contributed by atoms with Gasteiger partial charge in [0.2, 0.25) is 5.95 Å². The quantitative estimate of drug-likeness (QED) is 0.498. The highest BCUT2D eigenvalue weighted by Crippen LogP contribution is 2.26. The van der Waals surface area contributed by atoms with Crippen molar-refractivity contribution < 1.29 is 29.0 Å². The monoisotopic (exact) mass is 433 g/mol. The molecule has 2 aromatic rings. The first-order valence-electron chi connectivity index (χ1n) is 9.64. The Balaban J connectivity index is 1.58. The van der Waals surface area contributed by atoms with Crippen LogP contribution in [0.4, 0.5) is 15.1 Å². The molecule has 3 N–H and O–H groups in total. The summed E-state index contributed by atoms with van der Waals surface area (Å²) in [5, 5.41) is 24.3. The molecule has 0 atom stereocenters. The lowest BCUT2D eigenvalue weighted by molar-refractivity contribution is 0.0477. The normalized spacial score (nSPS) is 13.1. The molecule has 10 nitrogen and oxygen atoms in total. The van der Waals surface area contributed by atoms with Crippen LogP contribution >= 0.6 is 0 Å². The summed E-state index contributed by atoms with van der Waals surface area (Å²) in [4.78, 5) is 26.8. The number of amides is 1. The molecule has 1 amide bonds. The van der Waals surface area contributed by atoms with Gasteiger partial charge in [0.1, 0.15) is 19.0 Å². The summed E-state index contributed by atoms with van der Waals surface area (Å²) < 4.78 is 19.7. The smallest absolute Gasteiger partial charge is 0.407 e. The largest absolute Gasteiger partial charge is 0.445 e. The predicted octanol–water partition coefficient (Wildman–Crippen LogP) is 0.932. The molecule has 1 saturated heterocycles. The van der Waals surface area contributed by atoms with Crippen LogP contribution in [0.1, 0.15) is 5.56 Å². The molecule has 2 heterocycles. The number of benzene rings is 1. The summed E-state index contributed by atoms with van der Waals surface area (Å²) in [7, 11) is 1.43. The van der Waals surface area contributed by atoms with Crippen molar-refractivity contribution in [3.8, 4) is 11.1 Å². The Morgan fingerprint density at radius 1 is 1.29 bits per heavy atom. The first kappa shape index (κ1) is 22.4. The lowest BCUT2D eigenvalue weighted by Crippen LogP contribution is -2.48.